The zero-order valence-electron chi connectivity index (χ0n) is 17.1. The lowest BCUT2D eigenvalue weighted by molar-refractivity contribution is -0.118. The number of hydrogen-bond donors (Lipinski definition) is 1. The second-order valence-corrected chi connectivity index (χ2v) is 7.61. The number of ketones is 1. The third-order valence-corrected chi connectivity index (χ3v) is 5.22. The molecule has 0 aliphatic rings. The maximum Gasteiger partial charge on any atom is 0.264 e. The van der Waals surface area contributed by atoms with Crippen molar-refractivity contribution in [3.8, 4) is 28.5 Å². The molecule has 0 unspecified atom stereocenters. The second-order valence-electron chi connectivity index (χ2n) is 6.41. The molecule has 8 heteroatoms. The van der Waals surface area contributed by atoms with Gasteiger partial charge in [0.25, 0.3) is 5.91 Å². The number of nitrogens with zero attached hydrogens (tertiary/aromatic N) is 1. The third-order valence-electron chi connectivity index (χ3n) is 4.34. The molecule has 0 spiro atoms. The average molecular weight is 426 g/mol. The monoisotopic (exact) mass is 426 g/mol. The van der Waals surface area contributed by atoms with Crippen LogP contribution in [0, 0.1) is 6.92 Å². The van der Waals surface area contributed by atoms with E-state index in [2.05, 4.69) is 10.3 Å². The van der Waals surface area contributed by atoms with Gasteiger partial charge in [-0.3, -0.25) is 14.9 Å². The Labute approximate surface area is 178 Å². The highest BCUT2D eigenvalue weighted by atomic mass is 32.1. The normalized spacial score (nSPS) is 10.4. The van der Waals surface area contributed by atoms with E-state index < -0.39 is 0 Å². The first-order valence-electron chi connectivity index (χ1n) is 9.14. The maximum atomic E-state index is 12.3. The SMILES string of the molecule is COc1ccc(-c2nc(NC(=O)COc3ccc(C(C)=O)cc3OC)sc2C)cc1. The molecule has 1 N–H and O–H groups in total. The van der Waals surface area contributed by atoms with Gasteiger partial charge in [0, 0.05) is 16.0 Å². The van der Waals surface area contributed by atoms with Crippen LogP contribution in [0.4, 0.5) is 5.13 Å². The van der Waals surface area contributed by atoms with Gasteiger partial charge in [-0.25, -0.2) is 4.98 Å². The minimum Gasteiger partial charge on any atom is -0.497 e. The zero-order chi connectivity index (χ0) is 21.7. The Hall–Kier alpha value is -3.39. The Kier molecular flexibility index (Phi) is 6.68. The van der Waals surface area contributed by atoms with Gasteiger partial charge in [-0.1, -0.05) is 0 Å². The van der Waals surface area contributed by atoms with Crippen molar-refractivity contribution in [3.63, 3.8) is 0 Å². The number of methoxy groups -OCH3 is 2. The minimum atomic E-state index is -0.345. The number of carbonyl (C=O) groups excluding carboxylic acids is 2. The van der Waals surface area contributed by atoms with Gasteiger partial charge in [0.05, 0.1) is 19.9 Å². The van der Waals surface area contributed by atoms with Crippen molar-refractivity contribution in [2.75, 3.05) is 26.1 Å². The summed E-state index contributed by atoms with van der Waals surface area (Å²) in [6, 6.07) is 12.4. The number of nitrogens with one attached hydrogen (secondary N) is 1. The number of carbonyl (C=O) groups is 2. The number of aromatic nitrogens is 1. The molecule has 156 valence electrons. The lowest BCUT2D eigenvalue weighted by Crippen LogP contribution is -2.20. The predicted octanol–water partition coefficient (Wildman–Crippen LogP) is 4.36. The Bertz CT molecular complexity index is 1060. The molecule has 0 atom stereocenters. The van der Waals surface area contributed by atoms with Crippen molar-refractivity contribution in [1.82, 2.24) is 4.98 Å². The summed E-state index contributed by atoms with van der Waals surface area (Å²) < 4.78 is 16.0. The number of benzene rings is 2. The van der Waals surface area contributed by atoms with Crippen LogP contribution in [-0.2, 0) is 4.79 Å². The fourth-order valence-corrected chi connectivity index (χ4v) is 3.62. The number of rotatable bonds is 8. The van der Waals surface area contributed by atoms with Crippen molar-refractivity contribution in [2.24, 2.45) is 0 Å². The van der Waals surface area contributed by atoms with Crippen LogP contribution < -0.4 is 19.5 Å². The van der Waals surface area contributed by atoms with Gasteiger partial charge in [0.1, 0.15) is 5.75 Å². The molecule has 0 radical (unpaired) electrons. The largest absolute Gasteiger partial charge is 0.497 e. The summed E-state index contributed by atoms with van der Waals surface area (Å²) in [4.78, 5) is 29.3. The molecule has 2 aromatic carbocycles. The highest BCUT2D eigenvalue weighted by Gasteiger charge is 2.14. The summed E-state index contributed by atoms with van der Waals surface area (Å²) in [7, 11) is 3.09. The zero-order valence-corrected chi connectivity index (χ0v) is 18.0. The first kappa shape index (κ1) is 21.3. The van der Waals surface area contributed by atoms with Crippen LogP contribution in [0.2, 0.25) is 0 Å². The molecule has 0 saturated heterocycles. The van der Waals surface area contributed by atoms with E-state index >= 15 is 0 Å². The van der Waals surface area contributed by atoms with Gasteiger partial charge in [0.2, 0.25) is 0 Å². The van der Waals surface area contributed by atoms with E-state index in [0.29, 0.717) is 22.2 Å². The van der Waals surface area contributed by atoms with Crippen LogP contribution >= 0.6 is 11.3 Å². The summed E-state index contributed by atoms with van der Waals surface area (Å²) in [5.74, 6) is 1.12. The molecule has 3 rings (SSSR count). The number of Topliss-reactive ketones (excluding diaryl/α,β-unsaturated/α-hetero) is 1. The standard InChI is InChI=1S/C22H22N2O5S/c1-13(25)16-7-10-18(19(11-16)28-4)29-12-20(26)23-22-24-21(14(2)30-22)15-5-8-17(27-3)9-6-15/h5-11H,12H2,1-4H3,(H,23,24,26). The van der Waals surface area contributed by atoms with Gasteiger partial charge in [-0.2, -0.15) is 0 Å². The van der Waals surface area contributed by atoms with E-state index in [1.807, 2.05) is 31.2 Å². The first-order valence-corrected chi connectivity index (χ1v) is 9.96. The van der Waals surface area contributed by atoms with E-state index in [0.717, 1.165) is 21.9 Å². The lowest BCUT2D eigenvalue weighted by Gasteiger charge is -2.11. The Morgan fingerprint density at radius 3 is 2.40 bits per heavy atom. The summed E-state index contributed by atoms with van der Waals surface area (Å²) in [5, 5.41) is 3.25. The molecular weight excluding hydrogens is 404 g/mol. The first-order chi connectivity index (χ1) is 14.4. The van der Waals surface area contributed by atoms with Crippen LogP contribution in [0.5, 0.6) is 17.2 Å². The van der Waals surface area contributed by atoms with Gasteiger partial charge < -0.3 is 14.2 Å². The molecule has 0 aliphatic carbocycles. The van der Waals surface area contributed by atoms with Gasteiger partial charge in [0.15, 0.2) is 29.0 Å². The van der Waals surface area contributed by atoms with Crippen molar-refractivity contribution < 1.29 is 23.8 Å². The molecule has 7 nitrogen and oxygen atoms in total. The fourth-order valence-electron chi connectivity index (χ4n) is 2.77. The van der Waals surface area contributed by atoms with Gasteiger partial charge in [-0.05, 0) is 56.3 Å². The molecule has 1 amide bonds. The van der Waals surface area contributed by atoms with Crippen LogP contribution in [0.3, 0.4) is 0 Å². The molecule has 0 aliphatic heterocycles. The summed E-state index contributed by atoms with van der Waals surface area (Å²) in [5.41, 5.74) is 2.25. The van der Waals surface area contributed by atoms with Crippen molar-refractivity contribution >= 4 is 28.2 Å². The Morgan fingerprint density at radius 2 is 1.77 bits per heavy atom. The second kappa shape index (κ2) is 9.41. The molecule has 30 heavy (non-hydrogen) atoms. The summed E-state index contributed by atoms with van der Waals surface area (Å²) in [6.07, 6.45) is 0. The van der Waals surface area contributed by atoms with E-state index in [-0.39, 0.29) is 18.3 Å². The molecule has 0 fully saturated rings. The topological polar surface area (TPSA) is 86.8 Å². The third kappa shape index (κ3) is 4.96. The number of thiazole rings is 1. The molecule has 3 aromatic rings. The number of anilines is 1. The predicted molar refractivity (Wildman–Crippen MR) is 116 cm³/mol. The van der Waals surface area contributed by atoms with Gasteiger partial charge in [-0.15, -0.1) is 11.3 Å². The maximum absolute atomic E-state index is 12.3. The Balaban J connectivity index is 1.65. The van der Waals surface area contributed by atoms with Gasteiger partial charge >= 0.3 is 0 Å². The van der Waals surface area contributed by atoms with Crippen molar-refractivity contribution in [2.45, 2.75) is 13.8 Å². The van der Waals surface area contributed by atoms with Crippen LogP contribution in [-0.4, -0.2) is 37.5 Å². The van der Waals surface area contributed by atoms with Crippen LogP contribution in [0.1, 0.15) is 22.2 Å². The highest BCUT2D eigenvalue weighted by molar-refractivity contribution is 7.16. The van der Waals surface area contributed by atoms with Crippen LogP contribution in [0.15, 0.2) is 42.5 Å². The number of aryl methyl sites for hydroxylation is 1. The molecule has 0 bridgehead atoms. The Morgan fingerprint density at radius 1 is 1.03 bits per heavy atom. The van der Waals surface area contributed by atoms with E-state index in [1.165, 1.54) is 25.4 Å². The molecule has 1 aromatic heterocycles. The lowest BCUT2D eigenvalue weighted by atomic mass is 10.1. The van der Waals surface area contributed by atoms with Crippen molar-refractivity contribution in [1.29, 1.82) is 0 Å². The number of amides is 1. The molecule has 0 saturated carbocycles. The number of hydrogen-bond acceptors (Lipinski definition) is 7. The average Bonchev–Trinajstić information content (AvgIpc) is 3.11. The summed E-state index contributed by atoms with van der Waals surface area (Å²) >= 11 is 1.39. The number of ether oxygens (including phenoxy) is 3. The van der Waals surface area contributed by atoms with Crippen molar-refractivity contribution in [3.05, 3.63) is 52.9 Å². The summed E-state index contributed by atoms with van der Waals surface area (Å²) in [6.45, 7) is 3.20. The highest BCUT2D eigenvalue weighted by Crippen LogP contribution is 2.32. The molecule has 1 heterocycles. The smallest absolute Gasteiger partial charge is 0.264 e. The fraction of sp³-hybridized carbons (Fsp3) is 0.227. The quantitative estimate of drug-likeness (QED) is 0.539. The van der Waals surface area contributed by atoms with E-state index in [4.69, 9.17) is 14.2 Å². The van der Waals surface area contributed by atoms with E-state index in [9.17, 15) is 9.59 Å². The van der Waals surface area contributed by atoms with E-state index in [1.54, 1.807) is 25.3 Å². The van der Waals surface area contributed by atoms with Crippen LogP contribution in [0.25, 0.3) is 11.3 Å². The minimum absolute atomic E-state index is 0.0793. The molecular formula is C22H22N2O5S.